The van der Waals surface area contributed by atoms with E-state index in [-0.39, 0.29) is 41.9 Å². The van der Waals surface area contributed by atoms with Gasteiger partial charge in [0.25, 0.3) is 15.9 Å². The van der Waals surface area contributed by atoms with E-state index in [1.165, 1.54) is 17.0 Å². The molecule has 1 N–H and O–H groups in total. The van der Waals surface area contributed by atoms with Crippen LogP contribution in [0.4, 0.5) is 0 Å². The van der Waals surface area contributed by atoms with Crippen molar-refractivity contribution in [2.24, 2.45) is 0 Å². The van der Waals surface area contributed by atoms with Crippen molar-refractivity contribution in [2.45, 2.75) is 75.4 Å². The quantitative estimate of drug-likeness (QED) is 0.460. The molecule has 204 valence electrons. The van der Waals surface area contributed by atoms with Gasteiger partial charge in [0.15, 0.2) is 0 Å². The van der Waals surface area contributed by atoms with E-state index >= 15 is 0 Å². The lowest BCUT2D eigenvalue weighted by Crippen LogP contribution is -2.52. The first-order valence-corrected chi connectivity index (χ1v) is 15.0. The van der Waals surface area contributed by atoms with Gasteiger partial charge in [0.1, 0.15) is 10.9 Å². The Morgan fingerprint density at radius 1 is 1.08 bits per heavy atom. The number of rotatable bonds is 9. The van der Waals surface area contributed by atoms with Crippen LogP contribution in [0.5, 0.6) is 0 Å². The topological polar surface area (TPSA) is 104 Å². The third-order valence-electron chi connectivity index (χ3n) is 7.12. The van der Waals surface area contributed by atoms with E-state index in [0.29, 0.717) is 22.0 Å². The minimum absolute atomic E-state index is 0.0663. The van der Waals surface area contributed by atoms with Crippen molar-refractivity contribution in [1.29, 1.82) is 0 Å². The number of carbonyl (C=O) groups excluding carboxylic acids is 3. The van der Waals surface area contributed by atoms with Gasteiger partial charge in [-0.1, -0.05) is 67.6 Å². The predicted molar refractivity (Wildman–Crippen MR) is 145 cm³/mol. The monoisotopic (exact) mass is 579 g/mol. The Balaban J connectivity index is 1.55. The molecule has 2 aromatic rings. The van der Waals surface area contributed by atoms with E-state index in [1.54, 1.807) is 30.3 Å². The SMILES string of the molecule is CCC(C(=O)NC1CCCCC1)N(Cc1ccc(Cl)c(Cl)c1)C(=O)CCN1C(=O)c2ccccc2S1(=O)=O. The highest BCUT2D eigenvalue weighted by atomic mass is 35.5. The first-order chi connectivity index (χ1) is 18.1. The van der Waals surface area contributed by atoms with E-state index in [1.807, 2.05) is 6.92 Å². The summed E-state index contributed by atoms with van der Waals surface area (Å²) in [5, 5.41) is 3.79. The number of halogens is 2. The lowest BCUT2D eigenvalue weighted by molar-refractivity contribution is -0.141. The fraction of sp³-hybridized carbons (Fsp3) is 0.444. The Bertz CT molecular complexity index is 1330. The summed E-state index contributed by atoms with van der Waals surface area (Å²) in [6.45, 7) is 1.58. The summed E-state index contributed by atoms with van der Waals surface area (Å²) < 4.78 is 26.6. The predicted octanol–water partition coefficient (Wildman–Crippen LogP) is 4.78. The first kappa shape index (κ1) is 28.4. The number of amides is 3. The van der Waals surface area contributed by atoms with Crippen LogP contribution < -0.4 is 5.32 Å². The summed E-state index contributed by atoms with van der Waals surface area (Å²) in [6.07, 6.45) is 5.14. The average molecular weight is 581 g/mol. The number of fused-ring (bicyclic) bond motifs is 1. The van der Waals surface area contributed by atoms with Crippen LogP contribution in [0.25, 0.3) is 0 Å². The molecule has 11 heteroatoms. The lowest BCUT2D eigenvalue weighted by atomic mass is 9.95. The van der Waals surface area contributed by atoms with Crippen molar-refractivity contribution in [1.82, 2.24) is 14.5 Å². The molecule has 1 saturated carbocycles. The van der Waals surface area contributed by atoms with Crippen LogP contribution >= 0.6 is 23.2 Å². The summed E-state index contributed by atoms with van der Waals surface area (Å²) in [4.78, 5) is 41.1. The van der Waals surface area contributed by atoms with Crippen molar-refractivity contribution >= 4 is 50.9 Å². The van der Waals surface area contributed by atoms with E-state index in [9.17, 15) is 22.8 Å². The normalized spacial score (nSPS) is 17.7. The molecule has 38 heavy (non-hydrogen) atoms. The lowest BCUT2D eigenvalue weighted by Gasteiger charge is -2.33. The van der Waals surface area contributed by atoms with Gasteiger partial charge in [-0.05, 0) is 49.1 Å². The minimum atomic E-state index is -4.05. The molecule has 1 aliphatic carbocycles. The van der Waals surface area contributed by atoms with E-state index in [4.69, 9.17) is 23.2 Å². The Morgan fingerprint density at radius 2 is 1.79 bits per heavy atom. The largest absolute Gasteiger partial charge is 0.352 e. The van der Waals surface area contributed by atoms with Gasteiger partial charge in [0.2, 0.25) is 11.8 Å². The molecule has 8 nitrogen and oxygen atoms in total. The van der Waals surface area contributed by atoms with Gasteiger partial charge in [0.05, 0.1) is 15.6 Å². The van der Waals surface area contributed by atoms with Crippen LogP contribution in [-0.4, -0.2) is 54.0 Å². The molecule has 0 saturated heterocycles. The Labute approximate surface area is 233 Å². The molecule has 1 heterocycles. The van der Waals surface area contributed by atoms with E-state index in [0.717, 1.165) is 36.4 Å². The Kier molecular flexibility index (Phi) is 9.00. The van der Waals surface area contributed by atoms with Gasteiger partial charge in [-0.25, -0.2) is 12.7 Å². The standard InChI is InChI=1S/C27H31Cl2N3O5S/c1-2-23(26(34)30-19-8-4-3-5-9-19)31(17-18-12-13-21(28)22(29)16-18)25(33)14-15-32-27(35)20-10-6-7-11-24(20)38(32,36)37/h6-7,10-13,16,19,23H,2-5,8-9,14-15,17H2,1H3,(H,30,34). The molecule has 0 bridgehead atoms. The molecule has 0 radical (unpaired) electrons. The zero-order valence-corrected chi connectivity index (χ0v) is 23.5. The van der Waals surface area contributed by atoms with Gasteiger partial charge in [-0.3, -0.25) is 14.4 Å². The van der Waals surface area contributed by atoms with Gasteiger partial charge in [0, 0.05) is 25.6 Å². The van der Waals surface area contributed by atoms with Crippen molar-refractivity contribution < 1.29 is 22.8 Å². The molecule has 2 aliphatic rings. The third-order valence-corrected chi connectivity index (χ3v) is 9.69. The molecule has 4 rings (SSSR count). The molecular formula is C27H31Cl2N3O5S. The maximum Gasteiger partial charge on any atom is 0.269 e. The second-order valence-corrected chi connectivity index (χ2v) is 12.3. The molecule has 0 spiro atoms. The summed E-state index contributed by atoms with van der Waals surface area (Å²) in [6, 6.07) is 10.3. The molecule has 3 amide bonds. The van der Waals surface area contributed by atoms with Crippen LogP contribution in [0.1, 0.15) is 67.8 Å². The van der Waals surface area contributed by atoms with Crippen molar-refractivity contribution in [3.8, 4) is 0 Å². The number of hydrogen-bond donors (Lipinski definition) is 1. The number of nitrogens with one attached hydrogen (secondary N) is 1. The second kappa shape index (κ2) is 12.1. The highest BCUT2D eigenvalue weighted by Crippen LogP contribution is 2.30. The molecule has 2 aromatic carbocycles. The van der Waals surface area contributed by atoms with E-state index < -0.39 is 27.9 Å². The van der Waals surface area contributed by atoms with Crippen molar-refractivity contribution in [3.05, 3.63) is 63.6 Å². The van der Waals surface area contributed by atoms with Crippen LogP contribution in [0.3, 0.4) is 0 Å². The Hall–Kier alpha value is -2.62. The number of hydrogen-bond acceptors (Lipinski definition) is 5. The molecule has 1 atom stereocenters. The molecule has 1 unspecified atom stereocenters. The van der Waals surface area contributed by atoms with Crippen LogP contribution in [0.15, 0.2) is 47.4 Å². The van der Waals surface area contributed by atoms with Crippen LogP contribution in [0, 0.1) is 0 Å². The smallest absolute Gasteiger partial charge is 0.269 e. The number of sulfonamides is 1. The molecule has 1 aliphatic heterocycles. The number of carbonyl (C=O) groups is 3. The maximum atomic E-state index is 13.6. The van der Waals surface area contributed by atoms with Gasteiger partial charge in [-0.2, -0.15) is 0 Å². The van der Waals surface area contributed by atoms with Crippen LogP contribution in [0.2, 0.25) is 10.0 Å². The van der Waals surface area contributed by atoms with Gasteiger partial charge < -0.3 is 10.2 Å². The maximum absolute atomic E-state index is 13.6. The number of nitrogens with zero attached hydrogens (tertiary/aromatic N) is 2. The second-order valence-electron chi connectivity index (χ2n) is 9.67. The summed E-state index contributed by atoms with van der Waals surface area (Å²) in [7, 11) is -4.05. The van der Waals surface area contributed by atoms with E-state index in [2.05, 4.69) is 5.32 Å². The van der Waals surface area contributed by atoms with Crippen molar-refractivity contribution in [3.63, 3.8) is 0 Å². The molecular weight excluding hydrogens is 549 g/mol. The minimum Gasteiger partial charge on any atom is -0.352 e. The summed E-state index contributed by atoms with van der Waals surface area (Å²) in [5.74, 6) is -1.35. The van der Waals surface area contributed by atoms with Gasteiger partial charge in [-0.15, -0.1) is 0 Å². The Morgan fingerprint density at radius 3 is 2.45 bits per heavy atom. The fourth-order valence-electron chi connectivity index (χ4n) is 5.09. The fourth-order valence-corrected chi connectivity index (χ4v) is 6.98. The van der Waals surface area contributed by atoms with Crippen LogP contribution in [-0.2, 0) is 26.2 Å². The van der Waals surface area contributed by atoms with Gasteiger partial charge >= 0.3 is 0 Å². The van der Waals surface area contributed by atoms with Crippen molar-refractivity contribution in [2.75, 3.05) is 6.54 Å². The molecule has 0 aromatic heterocycles. The number of benzene rings is 2. The highest BCUT2D eigenvalue weighted by Gasteiger charge is 2.41. The summed E-state index contributed by atoms with van der Waals surface area (Å²) in [5.41, 5.74) is 0.764. The summed E-state index contributed by atoms with van der Waals surface area (Å²) >= 11 is 12.3. The third kappa shape index (κ3) is 6.00. The first-order valence-electron chi connectivity index (χ1n) is 12.8. The average Bonchev–Trinajstić information content (AvgIpc) is 3.10. The zero-order valence-electron chi connectivity index (χ0n) is 21.2. The zero-order chi connectivity index (χ0) is 27.4. The highest BCUT2D eigenvalue weighted by molar-refractivity contribution is 7.90. The molecule has 1 fully saturated rings.